The summed E-state index contributed by atoms with van der Waals surface area (Å²) >= 11 is 5.56. The van der Waals surface area contributed by atoms with Gasteiger partial charge >= 0.3 is 5.97 Å². The maximum Gasteiger partial charge on any atom is 0.341 e. The summed E-state index contributed by atoms with van der Waals surface area (Å²) in [5.74, 6) is -0.452. The molecule has 0 atom stereocenters. The zero-order valence-electron chi connectivity index (χ0n) is 9.81. The Morgan fingerprint density at radius 2 is 2.28 bits per heavy atom. The summed E-state index contributed by atoms with van der Waals surface area (Å²) in [6.45, 7) is 0.743. The van der Waals surface area contributed by atoms with E-state index < -0.39 is 5.97 Å². The molecule has 1 aromatic carbocycles. The average molecular weight is 270 g/mol. The lowest BCUT2D eigenvalue weighted by atomic mass is 10.1. The van der Waals surface area contributed by atoms with E-state index in [1.54, 1.807) is 18.2 Å². The van der Waals surface area contributed by atoms with Crippen molar-refractivity contribution in [1.82, 2.24) is 0 Å². The summed E-state index contributed by atoms with van der Waals surface area (Å²) in [5.41, 5.74) is 0.858. The van der Waals surface area contributed by atoms with Crippen LogP contribution in [0.15, 0.2) is 18.2 Å². The molecule has 6 heteroatoms. The van der Waals surface area contributed by atoms with E-state index in [1.165, 1.54) is 12.0 Å². The SMILES string of the molecule is COC(=O)c1cccc2c1OCCN2C(=O)CCl. The van der Waals surface area contributed by atoms with Crippen LogP contribution in [-0.2, 0) is 9.53 Å². The molecule has 0 saturated carbocycles. The van der Waals surface area contributed by atoms with E-state index in [4.69, 9.17) is 16.3 Å². The minimum Gasteiger partial charge on any atom is -0.489 e. The Morgan fingerprint density at radius 3 is 2.94 bits per heavy atom. The molecule has 0 N–H and O–H groups in total. The predicted molar refractivity (Wildman–Crippen MR) is 66.3 cm³/mol. The third-order valence-electron chi connectivity index (χ3n) is 2.67. The molecule has 1 aliphatic rings. The van der Waals surface area contributed by atoms with Crippen molar-refractivity contribution < 1.29 is 19.1 Å². The fourth-order valence-electron chi connectivity index (χ4n) is 1.85. The quantitative estimate of drug-likeness (QED) is 0.602. The molecule has 0 aliphatic carbocycles. The smallest absolute Gasteiger partial charge is 0.341 e. The Hall–Kier alpha value is -1.75. The molecule has 2 rings (SSSR count). The molecular formula is C12H12ClNO4. The third-order valence-corrected chi connectivity index (χ3v) is 2.90. The number of hydrogen-bond acceptors (Lipinski definition) is 4. The number of rotatable bonds is 2. The zero-order valence-corrected chi connectivity index (χ0v) is 10.6. The number of carbonyl (C=O) groups excluding carboxylic acids is 2. The highest BCUT2D eigenvalue weighted by Gasteiger charge is 2.27. The lowest BCUT2D eigenvalue weighted by molar-refractivity contribution is -0.116. The van der Waals surface area contributed by atoms with Crippen LogP contribution in [0, 0.1) is 0 Å². The van der Waals surface area contributed by atoms with E-state index in [2.05, 4.69) is 4.74 Å². The number of benzene rings is 1. The van der Waals surface area contributed by atoms with Crippen molar-refractivity contribution in [1.29, 1.82) is 0 Å². The summed E-state index contributed by atoms with van der Waals surface area (Å²) in [6.07, 6.45) is 0. The maximum absolute atomic E-state index is 11.7. The van der Waals surface area contributed by atoms with Crippen LogP contribution in [0.5, 0.6) is 5.75 Å². The topological polar surface area (TPSA) is 55.8 Å². The Kier molecular flexibility index (Phi) is 3.72. The number of methoxy groups -OCH3 is 1. The summed E-state index contributed by atoms with van der Waals surface area (Å²) in [7, 11) is 1.30. The molecule has 1 aromatic rings. The second-order valence-electron chi connectivity index (χ2n) is 3.67. The van der Waals surface area contributed by atoms with E-state index in [1.807, 2.05) is 0 Å². The van der Waals surface area contributed by atoms with Gasteiger partial charge in [0, 0.05) is 0 Å². The number of halogens is 1. The second-order valence-corrected chi connectivity index (χ2v) is 3.94. The predicted octanol–water partition coefficient (Wildman–Crippen LogP) is 1.44. The number of anilines is 1. The Balaban J connectivity index is 2.47. The molecule has 0 spiro atoms. The minimum absolute atomic E-state index is 0.109. The number of nitrogens with zero attached hydrogens (tertiary/aromatic N) is 1. The number of amides is 1. The van der Waals surface area contributed by atoms with Crippen molar-refractivity contribution in [3.8, 4) is 5.75 Å². The molecule has 1 amide bonds. The first-order valence-electron chi connectivity index (χ1n) is 5.39. The van der Waals surface area contributed by atoms with Gasteiger partial charge in [-0.3, -0.25) is 4.79 Å². The van der Waals surface area contributed by atoms with Gasteiger partial charge in [-0.15, -0.1) is 11.6 Å². The lowest BCUT2D eigenvalue weighted by Gasteiger charge is -2.29. The number of para-hydroxylation sites is 1. The van der Waals surface area contributed by atoms with Gasteiger partial charge in [-0.05, 0) is 12.1 Å². The summed E-state index contributed by atoms with van der Waals surface area (Å²) < 4.78 is 10.1. The van der Waals surface area contributed by atoms with Crippen LogP contribution in [0.1, 0.15) is 10.4 Å². The highest BCUT2D eigenvalue weighted by molar-refractivity contribution is 6.29. The Morgan fingerprint density at radius 1 is 1.50 bits per heavy atom. The fourth-order valence-corrected chi connectivity index (χ4v) is 1.99. The maximum atomic E-state index is 11.7. The van der Waals surface area contributed by atoms with Crippen molar-refractivity contribution in [3.05, 3.63) is 23.8 Å². The first kappa shape index (κ1) is 12.7. The van der Waals surface area contributed by atoms with E-state index in [0.717, 1.165) is 0 Å². The highest BCUT2D eigenvalue weighted by atomic mass is 35.5. The second kappa shape index (κ2) is 5.27. The molecule has 0 unspecified atom stereocenters. The first-order chi connectivity index (χ1) is 8.69. The van der Waals surface area contributed by atoms with E-state index in [0.29, 0.717) is 30.2 Å². The van der Waals surface area contributed by atoms with Crippen molar-refractivity contribution >= 4 is 29.2 Å². The van der Waals surface area contributed by atoms with Crippen LogP contribution in [0.3, 0.4) is 0 Å². The fraction of sp³-hybridized carbons (Fsp3) is 0.333. The van der Waals surface area contributed by atoms with Crippen molar-refractivity contribution in [2.24, 2.45) is 0 Å². The molecule has 96 valence electrons. The van der Waals surface area contributed by atoms with Gasteiger partial charge in [0.2, 0.25) is 5.91 Å². The molecule has 0 aromatic heterocycles. The summed E-state index contributed by atoms with van der Waals surface area (Å²) in [5, 5.41) is 0. The average Bonchev–Trinajstić information content (AvgIpc) is 2.44. The largest absolute Gasteiger partial charge is 0.489 e. The van der Waals surface area contributed by atoms with Gasteiger partial charge in [-0.1, -0.05) is 6.07 Å². The number of carbonyl (C=O) groups is 2. The van der Waals surface area contributed by atoms with Gasteiger partial charge in [-0.25, -0.2) is 4.79 Å². The molecule has 0 fully saturated rings. The van der Waals surface area contributed by atoms with Gasteiger partial charge in [-0.2, -0.15) is 0 Å². The van der Waals surface area contributed by atoms with Crippen LogP contribution in [0.2, 0.25) is 0 Å². The highest BCUT2D eigenvalue weighted by Crippen LogP contribution is 2.35. The van der Waals surface area contributed by atoms with Crippen LogP contribution in [0.4, 0.5) is 5.69 Å². The van der Waals surface area contributed by atoms with Crippen LogP contribution >= 0.6 is 11.6 Å². The molecule has 18 heavy (non-hydrogen) atoms. The standard InChI is InChI=1S/C12H12ClNO4/c1-17-12(16)8-3-2-4-9-11(8)18-6-5-14(9)10(15)7-13/h2-4H,5-7H2,1H3. The van der Waals surface area contributed by atoms with Gasteiger partial charge in [0.1, 0.15) is 18.1 Å². The Labute approximate surface area is 109 Å². The minimum atomic E-state index is -0.493. The van der Waals surface area contributed by atoms with Crippen molar-refractivity contribution in [3.63, 3.8) is 0 Å². The van der Waals surface area contributed by atoms with E-state index in [-0.39, 0.29) is 11.8 Å². The third kappa shape index (κ3) is 2.13. The Bertz CT molecular complexity index is 489. The van der Waals surface area contributed by atoms with Gasteiger partial charge in [0.05, 0.1) is 19.3 Å². The van der Waals surface area contributed by atoms with Gasteiger partial charge < -0.3 is 14.4 Å². The van der Waals surface area contributed by atoms with Crippen LogP contribution < -0.4 is 9.64 Å². The van der Waals surface area contributed by atoms with E-state index in [9.17, 15) is 9.59 Å². The molecule has 1 aliphatic heterocycles. The summed E-state index contributed by atoms with van der Waals surface area (Å²) in [4.78, 5) is 24.8. The molecule has 0 radical (unpaired) electrons. The lowest BCUT2D eigenvalue weighted by Crippen LogP contribution is -2.39. The molecular weight excluding hydrogens is 258 g/mol. The first-order valence-corrected chi connectivity index (χ1v) is 5.93. The van der Waals surface area contributed by atoms with Crippen molar-refractivity contribution in [2.45, 2.75) is 0 Å². The van der Waals surface area contributed by atoms with Crippen molar-refractivity contribution in [2.75, 3.05) is 31.0 Å². The van der Waals surface area contributed by atoms with Crippen LogP contribution in [0.25, 0.3) is 0 Å². The monoisotopic (exact) mass is 269 g/mol. The van der Waals surface area contributed by atoms with Gasteiger partial charge in [0.25, 0.3) is 0 Å². The van der Waals surface area contributed by atoms with Crippen LogP contribution in [-0.4, -0.2) is 38.0 Å². The number of hydrogen-bond donors (Lipinski definition) is 0. The van der Waals surface area contributed by atoms with E-state index >= 15 is 0 Å². The molecule has 0 saturated heterocycles. The van der Waals surface area contributed by atoms with Gasteiger partial charge in [0.15, 0.2) is 5.75 Å². The number of ether oxygens (including phenoxy) is 2. The molecule has 1 heterocycles. The molecule has 5 nitrogen and oxygen atoms in total. The number of alkyl halides is 1. The normalized spacial score (nSPS) is 13.6. The zero-order chi connectivity index (χ0) is 13.1. The molecule has 0 bridgehead atoms. The summed E-state index contributed by atoms with van der Waals surface area (Å²) in [6, 6.07) is 4.99. The number of fused-ring (bicyclic) bond motifs is 1. The number of esters is 1.